The monoisotopic (exact) mass is 209 g/mol. The summed E-state index contributed by atoms with van der Waals surface area (Å²) < 4.78 is 3.61. The molecule has 1 aliphatic carbocycles. The quantitative estimate of drug-likeness (QED) is 0.797. The number of rotatable bonds is 2. The molecule has 0 radical (unpaired) electrons. The van der Waals surface area contributed by atoms with Gasteiger partial charge in [0, 0.05) is 30.5 Å². The Morgan fingerprint density at radius 2 is 2.13 bits per heavy atom. The number of hydrogen-bond donors (Lipinski definition) is 1. The van der Waals surface area contributed by atoms with Crippen molar-refractivity contribution in [2.75, 3.05) is 0 Å². The van der Waals surface area contributed by atoms with E-state index in [-0.39, 0.29) is 17.8 Å². The molecule has 1 aromatic rings. The van der Waals surface area contributed by atoms with Crippen LogP contribution < -0.4 is 11.4 Å². The summed E-state index contributed by atoms with van der Waals surface area (Å²) in [6.07, 6.45) is 6.76. The maximum absolute atomic E-state index is 12.0. The second kappa shape index (κ2) is 3.85. The van der Waals surface area contributed by atoms with Crippen molar-refractivity contribution >= 4 is 0 Å². The zero-order valence-electron chi connectivity index (χ0n) is 9.39. The third-order valence-corrected chi connectivity index (χ3v) is 3.22. The molecule has 15 heavy (non-hydrogen) atoms. The molecule has 2 atom stereocenters. The molecule has 2 rings (SSSR count). The topological polar surface area (TPSA) is 52.9 Å². The highest BCUT2D eigenvalue weighted by molar-refractivity contribution is 4.91. The number of imidazole rings is 1. The Hall–Kier alpha value is -1.03. The van der Waals surface area contributed by atoms with Gasteiger partial charge < -0.3 is 5.73 Å². The molecule has 1 aliphatic rings. The van der Waals surface area contributed by atoms with E-state index in [2.05, 4.69) is 0 Å². The van der Waals surface area contributed by atoms with Gasteiger partial charge in [-0.05, 0) is 33.1 Å². The molecule has 1 saturated carbocycles. The van der Waals surface area contributed by atoms with Crippen LogP contribution in [0.1, 0.15) is 45.2 Å². The van der Waals surface area contributed by atoms with Crippen LogP contribution >= 0.6 is 0 Å². The van der Waals surface area contributed by atoms with E-state index in [0.717, 1.165) is 19.3 Å². The highest BCUT2D eigenvalue weighted by Gasteiger charge is 2.24. The second-order valence-electron chi connectivity index (χ2n) is 4.72. The molecule has 4 nitrogen and oxygen atoms in total. The van der Waals surface area contributed by atoms with Crippen LogP contribution in [-0.4, -0.2) is 15.2 Å². The van der Waals surface area contributed by atoms with E-state index < -0.39 is 0 Å². The average molecular weight is 209 g/mol. The van der Waals surface area contributed by atoms with Gasteiger partial charge in [0.2, 0.25) is 0 Å². The van der Waals surface area contributed by atoms with Gasteiger partial charge in [-0.25, -0.2) is 4.79 Å². The summed E-state index contributed by atoms with van der Waals surface area (Å²) in [5.74, 6) is 0. The summed E-state index contributed by atoms with van der Waals surface area (Å²) in [6.45, 7) is 4.04. The van der Waals surface area contributed by atoms with E-state index in [1.165, 1.54) is 0 Å². The van der Waals surface area contributed by atoms with Gasteiger partial charge in [0.1, 0.15) is 0 Å². The standard InChI is InChI=1S/C11H19N3O/c1-8(2)13-5-6-14(11(13)15)10-4-3-9(12)7-10/h5-6,8-10H,3-4,7,12H2,1-2H3. The Bertz CT molecular complexity index is 391. The largest absolute Gasteiger partial charge is 0.328 e. The third kappa shape index (κ3) is 1.86. The first kappa shape index (κ1) is 10.5. The molecule has 4 heteroatoms. The smallest absolute Gasteiger partial charge is 0.328 e. The van der Waals surface area contributed by atoms with Gasteiger partial charge in [0.25, 0.3) is 0 Å². The molecule has 0 spiro atoms. The predicted octanol–water partition coefficient (Wildman–Crippen LogP) is 1.28. The van der Waals surface area contributed by atoms with Gasteiger partial charge in [0.05, 0.1) is 0 Å². The van der Waals surface area contributed by atoms with Crippen LogP contribution in [-0.2, 0) is 0 Å². The molecule has 1 aromatic heterocycles. The molecular formula is C11H19N3O. The maximum Gasteiger partial charge on any atom is 0.328 e. The lowest BCUT2D eigenvalue weighted by Crippen LogP contribution is -2.28. The Morgan fingerprint density at radius 3 is 2.60 bits per heavy atom. The van der Waals surface area contributed by atoms with Crippen molar-refractivity contribution in [1.82, 2.24) is 9.13 Å². The lowest BCUT2D eigenvalue weighted by Gasteiger charge is -2.10. The lowest BCUT2D eigenvalue weighted by molar-refractivity contribution is 0.472. The van der Waals surface area contributed by atoms with Crippen molar-refractivity contribution in [2.24, 2.45) is 5.73 Å². The van der Waals surface area contributed by atoms with Gasteiger partial charge in [-0.15, -0.1) is 0 Å². The summed E-state index contributed by atoms with van der Waals surface area (Å²) in [5.41, 5.74) is 5.96. The van der Waals surface area contributed by atoms with Crippen LogP contribution in [0.3, 0.4) is 0 Å². The van der Waals surface area contributed by atoms with E-state index in [4.69, 9.17) is 5.73 Å². The van der Waals surface area contributed by atoms with E-state index in [9.17, 15) is 4.79 Å². The first-order chi connectivity index (χ1) is 7.09. The second-order valence-corrected chi connectivity index (χ2v) is 4.72. The third-order valence-electron chi connectivity index (χ3n) is 3.22. The van der Waals surface area contributed by atoms with Crippen LogP contribution in [0.2, 0.25) is 0 Å². The zero-order valence-corrected chi connectivity index (χ0v) is 9.39. The molecule has 2 unspecified atom stereocenters. The molecule has 0 saturated heterocycles. The molecule has 84 valence electrons. The van der Waals surface area contributed by atoms with Crippen molar-refractivity contribution in [3.05, 3.63) is 22.9 Å². The van der Waals surface area contributed by atoms with Gasteiger partial charge in [-0.2, -0.15) is 0 Å². The average Bonchev–Trinajstić information content (AvgIpc) is 2.71. The van der Waals surface area contributed by atoms with Gasteiger partial charge >= 0.3 is 5.69 Å². The van der Waals surface area contributed by atoms with Crippen LogP contribution in [0, 0.1) is 0 Å². The molecule has 1 heterocycles. The minimum atomic E-state index is 0.101. The van der Waals surface area contributed by atoms with E-state index in [1.807, 2.05) is 30.8 Å². The number of nitrogens with two attached hydrogens (primary N) is 1. The number of nitrogens with zero attached hydrogens (tertiary/aromatic N) is 2. The van der Waals surface area contributed by atoms with Crippen LogP contribution in [0.25, 0.3) is 0 Å². The molecule has 0 amide bonds. The van der Waals surface area contributed by atoms with Crippen molar-refractivity contribution in [1.29, 1.82) is 0 Å². The van der Waals surface area contributed by atoms with Crippen LogP contribution in [0.5, 0.6) is 0 Å². The van der Waals surface area contributed by atoms with Crippen molar-refractivity contribution < 1.29 is 0 Å². The first-order valence-corrected chi connectivity index (χ1v) is 5.64. The fourth-order valence-electron chi connectivity index (χ4n) is 2.32. The summed E-state index contributed by atoms with van der Waals surface area (Å²) in [5, 5.41) is 0. The molecule has 0 bridgehead atoms. The first-order valence-electron chi connectivity index (χ1n) is 5.64. The van der Waals surface area contributed by atoms with E-state index in [1.54, 1.807) is 4.57 Å². The number of aromatic nitrogens is 2. The minimum Gasteiger partial charge on any atom is -0.328 e. The normalized spacial score (nSPS) is 26.4. The van der Waals surface area contributed by atoms with E-state index >= 15 is 0 Å². The summed E-state index contributed by atoms with van der Waals surface area (Å²) in [4.78, 5) is 12.0. The van der Waals surface area contributed by atoms with E-state index in [0.29, 0.717) is 6.04 Å². The van der Waals surface area contributed by atoms with Crippen molar-refractivity contribution in [2.45, 2.75) is 51.2 Å². The Balaban J connectivity index is 2.26. The van der Waals surface area contributed by atoms with Gasteiger partial charge in [-0.1, -0.05) is 0 Å². The molecular weight excluding hydrogens is 190 g/mol. The Kier molecular flexibility index (Phi) is 2.69. The lowest BCUT2D eigenvalue weighted by atomic mass is 10.2. The molecule has 2 N–H and O–H groups in total. The fraction of sp³-hybridized carbons (Fsp3) is 0.727. The predicted molar refractivity (Wildman–Crippen MR) is 59.9 cm³/mol. The SMILES string of the molecule is CC(C)n1ccn(C2CCC(N)C2)c1=O. The molecule has 0 aromatic carbocycles. The van der Waals surface area contributed by atoms with Crippen molar-refractivity contribution in [3.8, 4) is 0 Å². The highest BCUT2D eigenvalue weighted by Crippen LogP contribution is 2.27. The Labute approximate surface area is 89.7 Å². The summed E-state index contributed by atoms with van der Waals surface area (Å²) in [6, 6.07) is 0.811. The fourth-order valence-corrected chi connectivity index (χ4v) is 2.32. The number of hydrogen-bond acceptors (Lipinski definition) is 2. The van der Waals surface area contributed by atoms with Gasteiger partial charge in [-0.3, -0.25) is 9.13 Å². The highest BCUT2D eigenvalue weighted by atomic mass is 16.1. The summed E-state index contributed by atoms with van der Waals surface area (Å²) >= 11 is 0. The minimum absolute atomic E-state index is 0.101. The Morgan fingerprint density at radius 1 is 1.40 bits per heavy atom. The van der Waals surface area contributed by atoms with Gasteiger partial charge in [0.15, 0.2) is 0 Å². The van der Waals surface area contributed by atoms with Crippen LogP contribution in [0.15, 0.2) is 17.2 Å². The van der Waals surface area contributed by atoms with Crippen molar-refractivity contribution in [3.63, 3.8) is 0 Å². The van der Waals surface area contributed by atoms with Crippen LogP contribution in [0.4, 0.5) is 0 Å². The molecule has 0 aliphatic heterocycles. The molecule has 1 fully saturated rings. The maximum atomic E-state index is 12.0. The zero-order chi connectivity index (χ0) is 11.0. The summed E-state index contributed by atoms with van der Waals surface area (Å²) in [7, 11) is 0.